The third-order valence-corrected chi connectivity index (χ3v) is 5.39. The third kappa shape index (κ3) is 3.22. The van der Waals surface area contributed by atoms with E-state index in [0.29, 0.717) is 18.4 Å². The molecule has 2 N–H and O–H groups in total. The number of carboxylic acids is 1. The van der Waals surface area contributed by atoms with E-state index < -0.39 is 33.4 Å². The molecule has 116 valence electrons. The Labute approximate surface area is 127 Å². The minimum Gasteiger partial charge on any atom is -0.598 e. The summed E-state index contributed by atoms with van der Waals surface area (Å²) in [5, 5.41) is 9.21. The van der Waals surface area contributed by atoms with Crippen LogP contribution in [0.25, 0.3) is 0 Å². The zero-order chi connectivity index (χ0) is 15.8. The molecule has 1 unspecified atom stereocenters. The summed E-state index contributed by atoms with van der Waals surface area (Å²) in [7, 11) is 0. The third-order valence-electron chi connectivity index (χ3n) is 3.70. The van der Waals surface area contributed by atoms with Gasteiger partial charge in [-0.1, -0.05) is 12.1 Å². The lowest BCUT2D eigenvalue weighted by atomic mass is 9.89. The summed E-state index contributed by atoms with van der Waals surface area (Å²) in [4.78, 5) is 11.3. The summed E-state index contributed by atoms with van der Waals surface area (Å²) in [6.07, 6.45) is 0.717. The fraction of sp³-hybridized carbons (Fsp3) is 0.533. The second kappa shape index (κ2) is 5.59. The molecule has 2 rings (SSSR count). The van der Waals surface area contributed by atoms with E-state index in [-0.39, 0.29) is 6.42 Å². The predicted octanol–water partition coefficient (Wildman–Crippen LogP) is 2.49. The first-order valence-electron chi connectivity index (χ1n) is 6.85. The number of aliphatic carboxylic acids is 1. The van der Waals surface area contributed by atoms with Crippen LogP contribution in [0.15, 0.2) is 18.2 Å². The van der Waals surface area contributed by atoms with Gasteiger partial charge in [-0.3, -0.25) is 4.79 Å². The lowest BCUT2D eigenvalue weighted by Gasteiger charge is -2.34. The maximum absolute atomic E-state index is 14.3. The monoisotopic (exact) mass is 313 g/mol. The minimum absolute atomic E-state index is 0.289. The molecule has 0 saturated carbocycles. The van der Waals surface area contributed by atoms with E-state index in [9.17, 15) is 18.8 Å². The fourth-order valence-corrected chi connectivity index (χ4v) is 3.63. The zero-order valence-electron chi connectivity index (χ0n) is 12.4. The molecule has 1 aliphatic carbocycles. The summed E-state index contributed by atoms with van der Waals surface area (Å²) in [6.45, 7) is 5.38. The maximum Gasteiger partial charge on any atom is 0.305 e. The number of carboxylic acid groups (broad SMARTS) is 1. The van der Waals surface area contributed by atoms with Gasteiger partial charge in [0.15, 0.2) is 0 Å². The molecular formula is C15H20FNO3S. The first-order chi connectivity index (χ1) is 9.66. The molecule has 0 heterocycles. The van der Waals surface area contributed by atoms with Crippen LogP contribution in [-0.4, -0.2) is 20.4 Å². The van der Waals surface area contributed by atoms with Crippen LogP contribution in [0.1, 0.15) is 44.7 Å². The first kappa shape index (κ1) is 16.3. The number of benzene rings is 1. The first-order valence-corrected chi connectivity index (χ1v) is 8.00. The molecule has 0 aliphatic heterocycles. The van der Waals surface area contributed by atoms with Crippen molar-refractivity contribution in [3.8, 4) is 0 Å². The van der Waals surface area contributed by atoms with Crippen molar-refractivity contribution >= 4 is 17.3 Å². The Bertz CT molecular complexity index is 558. The van der Waals surface area contributed by atoms with Crippen molar-refractivity contribution in [2.24, 2.45) is 0 Å². The van der Waals surface area contributed by atoms with E-state index in [0.717, 1.165) is 5.56 Å². The summed E-state index contributed by atoms with van der Waals surface area (Å²) in [5.74, 6) is -1.48. The maximum atomic E-state index is 14.3. The van der Waals surface area contributed by atoms with E-state index in [1.54, 1.807) is 32.9 Å². The van der Waals surface area contributed by atoms with Crippen LogP contribution in [0.4, 0.5) is 4.39 Å². The van der Waals surface area contributed by atoms with Crippen LogP contribution in [0.2, 0.25) is 0 Å². The lowest BCUT2D eigenvalue weighted by Crippen LogP contribution is -2.51. The van der Waals surface area contributed by atoms with Gasteiger partial charge in [-0.2, -0.15) is 0 Å². The minimum atomic E-state index is -1.48. The molecule has 0 radical (unpaired) electrons. The number of rotatable bonds is 4. The Morgan fingerprint density at radius 3 is 2.76 bits per heavy atom. The highest BCUT2D eigenvalue weighted by atomic mass is 32.2. The molecule has 4 nitrogen and oxygen atoms in total. The Balaban J connectivity index is 2.45. The van der Waals surface area contributed by atoms with Crippen LogP contribution >= 0.6 is 0 Å². The number of hydrogen-bond acceptors (Lipinski definition) is 3. The normalized spacial score (nSPS) is 22.9. The van der Waals surface area contributed by atoms with Gasteiger partial charge in [0.2, 0.25) is 0 Å². The lowest BCUT2D eigenvalue weighted by molar-refractivity contribution is -0.138. The molecule has 0 amide bonds. The van der Waals surface area contributed by atoms with E-state index in [1.807, 2.05) is 0 Å². The van der Waals surface area contributed by atoms with Gasteiger partial charge in [-0.25, -0.2) is 4.39 Å². The van der Waals surface area contributed by atoms with Crippen molar-refractivity contribution in [1.82, 2.24) is 4.72 Å². The highest BCUT2D eigenvalue weighted by molar-refractivity contribution is 7.90. The quantitative estimate of drug-likeness (QED) is 0.838. The number of aryl methyl sites for hydroxylation is 1. The van der Waals surface area contributed by atoms with Crippen LogP contribution in [0, 0.1) is 5.82 Å². The molecule has 21 heavy (non-hydrogen) atoms. The van der Waals surface area contributed by atoms with Crippen LogP contribution in [0.5, 0.6) is 0 Å². The fourth-order valence-electron chi connectivity index (χ4n) is 2.69. The van der Waals surface area contributed by atoms with Crippen LogP contribution < -0.4 is 4.72 Å². The topological polar surface area (TPSA) is 72.4 Å². The van der Waals surface area contributed by atoms with Gasteiger partial charge in [-0.15, -0.1) is 4.72 Å². The number of halogens is 1. The Hall–Kier alpha value is -1.11. The number of carbonyl (C=O) groups is 1. The van der Waals surface area contributed by atoms with E-state index in [1.165, 1.54) is 6.07 Å². The van der Waals surface area contributed by atoms with Crippen molar-refractivity contribution in [3.05, 3.63) is 35.1 Å². The van der Waals surface area contributed by atoms with Crippen molar-refractivity contribution < 1.29 is 18.8 Å². The average molecular weight is 313 g/mol. The Morgan fingerprint density at radius 1 is 1.52 bits per heavy atom. The molecule has 0 saturated heterocycles. The largest absolute Gasteiger partial charge is 0.598 e. The van der Waals surface area contributed by atoms with Crippen molar-refractivity contribution in [2.45, 2.75) is 50.3 Å². The van der Waals surface area contributed by atoms with Crippen LogP contribution in [-0.2, 0) is 28.1 Å². The van der Waals surface area contributed by atoms with Gasteiger partial charge in [0, 0.05) is 16.9 Å². The molecular weight excluding hydrogens is 293 g/mol. The molecule has 0 fully saturated rings. The molecule has 1 aromatic carbocycles. The summed E-state index contributed by atoms with van der Waals surface area (Å²) in [5.41, 5.74) is 0.0321. The molecule has 1 aromatic rings. The summed E-state index contributed by atoms with van der Waals surface area (Å²) >= 11 is -1.48. The summed E-state index contributed by atoms with van der Waals surface area (Å²) in [6, 6.07) is 4.73. The molecule has 2 atom stereocenters. The molecule has 6 heteroatoms. The number of fused-ring (bicyclic) bond motifs is 1. The smallest absolute Gasteiger partial charge is 0.305 e. The Kier molecular flexibility index (Phi) is 4.33. The number of hydrogen-bond donors (Lipinski definition) is 2. The van der Waals surface area contributed by atoms with E-state index in [4.69, 9.17) is 0 Å². The van der Waals surface area contributed by atoms with Gasteiger partial charge in [0.25, 0.3) is 0 Å². The molecule has 0 spiro atoms. The highest BCUT2D eigenvalue weighted by Gasteiger charge is 2.47. The number of nitrogens with one attached hydrogen (secondary N) is 1. The molecule has 0 aromatic heterocycles. The average Bonchev–Trinajstić information content (AvgIpc) is 2.67. The van der Waals surface area contributed by atoms with Crippen molar-refractivity contribution in [3.63, 3.8) is 0 Å². The Morgan fingerprint density at radius 2 is 2.19 bits per heavy atom. The van der Waals surface area contributed by atoms with Crippen LogP contribution in [0.3, 0.4) is 0 Å². The standard InChI is InChI=1S/C15H20FNO3S/c1-14(2,3)21(20)17-15(9-12(18)19)8-7-10-5-4-6-11(16)13(10)15/h4-6,17H,7-9H2,1-3H3,(H,18,19)/t15-,21?/m0/s1. The predicted molar refractivity (Wildman–Crippen MR) is 79.7 cm³/mol. The van der Waals surface area contributed by atoms with Gasteiger partial charge in [-0.05, 0) is 45.2 Å². The van der Waals surface area contributed by atoms with Gasteiger partial charge in [0.1, 0.15) is 16.1 Å². The zero-order valence-corrected chi connectivity index (χ0v) is 13.2. The van der Waals surface area contributed by atoms with Crippen molar-refractivity contribution in [2.75, 3.05) is 0 Å². The van der Waals surface area contributed by atoms with Gasteiger partial charge in [0.05, 0.1) is 6.42 Å². The molecule has 1 aliphatic rings. The van der Waals surface area contributed by atoms with Gasteiger partial charge >= 0.3 is 5.97 Å². The van der Waals surface area contributed by atoms with Crippen molar-refractivity contribution in [1.29, 1.82) is 0 Å². The highest BCUT2D eigenvalue weighted by Crippen LogP contribution is 2.42. The molecule has 0 bridgehead atoms. The van der Waals surface area contributed by atoms with E-state index in [2.05, 4.69) is 4.72 Å². The summed E-state index contributed by atoms with van der Waals surface area (Å²) < 4.78 is 29.0. The second-order valence-corrected chi connectivity index (χ2v) is 8.38. The van der Waals surface area contributed by atoms with E-state index >= 15 is 0 Å². The second-order valence-electron chi connectivity index (χ2n) is 6.41. The van der Waals surface area contributed by atoms with Gasteiger partial charge < -0.3 is 9.66 Å². The SMILES string of the molecule is CC(C)(C)[S+]([O-])N[C@]1(CC(=O)O)CCc2cccc(F)c21.